The number of hydrogen-bond donors (Lipinski definition) is 0. The molecule has 0 saturated carbocycles. The lowest BCUT2D eigenvalue weighted by Crippen LogP contribution is -2.35. The summed E-state index contributed by atoms with van der Waals surface area (Å²) in [5, 5.41) is 4.34. The van der Waals surface area contributed by atoms with Gasteiger partial charge in [-0.3, -0.25) is 9.48 Å². The molecule has 0 spiro atoms. The second-order valence-electron chi connectivity index (χ2n) is 6.09. The Morgan fingerprint density at radius 2 is 1.94 bits per heavy atom. The molecule has 1 unspecified atom stereocenters. The third-order valence-corrected chi connectivity index (χ3v) is 5.21. The molecule has 0 aromatic carbocycles. The smallest absolute Gasteiger partial charge is 0.134 e. The normalized spacial score (nSPS) is 14.1. The van der Waals surface area contributed by atoms with Crippen LogP contribution in [0, 0.1) is 5.92 Å². The fourth-order valence-electron chi connectivity index (χ4n) is 2.28. The summed E-state index contributed by atoms with van der Waals surface area (Å²) in [6.07, 6.45) is 3.88. The predicted octanol–water partition coefficient (Wildman–Crippen LogP) is 3.05. The van der Waals surface area contributed by atoms with E-state index in [9.17, 15) is 4.79 Å². The molecule has 0 fully saturated rings. The summed E-state index contributed by atoms with van der Waals surface area (Å²) in [4.78, 5) is 11.8. The molecule has 17 heavy (non-hydrogen) atoms. The van der Waals surface area contributed by atoms with E-state index in [0.717, 1.165) is 12.1 Å². The first-order valence-corrected chi connectivity index (χ1v) is 9.61. The Kier molecular flexibility index (Phi) is 4.30. The highest BCUT2D eigenvalue weighted by Gasteiger charge is 2.32. The van der Waals surface area contributed by atoms with Crippen molar-refractivity contribution in [2.45, 2.75) is 52.5 Å². The quantitative estimate of drug-likeness (QED) is 0.754. The lowest BCUT2D eigenvalue weighted by molar-refractivity contribution is -0.116. The minimum absolute atomic E-state index is 0.0633. The summed E-state index contributed by atoms with van der Waals surface area (Å²) in [5.74, 6) is 1.58. The number of Topliss-reactive ketones (excluding diaryl/α,β-unsaturated/α-hetero) is 1. The number of aromatic nitrogens is 2. The van der Waals surface area contributed by atoms with E-state index in [4.69, 9.17) is 0 Å². The van der Waals surface area contributed by atoms with Crippen LogP contribution < -0.4 is 0 Å². The van der Waals surface area contributed by atoms with Crippen molar-refractivity contribution in [3.05, 3.63) is 23.9 Å². The molecular formula is C13H23N2OSi. The Morgan fingerprint density at radius 3 is 2.35 bits per heavy atom. The first-order valence-electron chi connectivity index (χ1n) is 6.03. The molecule has 1 aromatic heterocycles. The largest absolute Gasteiger partial charge is 0.300 e. The van der Waals surface area contributed by atoms with Gasteiger partial charge in [-0.15, -0.1) is 0 Å². The average Bonchev–Trinajstić information content (AvgIpc) is 2.47. The third-order valence-electron chi connectivity index (χ3n) is 2.74. The fraction of sp³-hybridized carbons (Fsp3) is 0.615. The van der Waals surface area contributed by atoms with E-state index in [1.54, 1.807) is 6.92 Å². The van der Waals surface area contributed by atoms with Crippen LogP contribution in [-0.2, 0) is 11.3 Å². The molecule has 0 aliphatic rings. The maximum Gasteiger partial charge on any atom is 0.134 e. The van der Waals surface area contributed by atoms with Gasteiger partial charge in [0.15, 0.2) is 0 Å². The van der Waals surface area contributed by atoms with Gasteiger partial charge in [0.25, 0.3) is 0 Å². The molecule has 1 atom stereocenters. The van der Waals surface area contributed by atoms with Gasteiger partial charge in [0.1, 0.15) is 5.78 Å². The Morgan fingerprint density at radius 1 is 1.35 bits per heavy atom. The van der Waals surface area contributed by atoms with Crippen LogP contribution in [0.5, 0.6) is 0 Å². The van der Waals surface area contributed by atoms with Gasteiger partial charge in [0.05, 0.1) is 14.3 Å². The highest BCUT2D eigenvalue weighted by Crippen LogP contribution is 2.27. The molecule has 0 aliphatic carbocycles. The van der Waals surface area contributed by atoms with Gasteiger partial charge >= 0.3 is 0 Å². The summed E-state index contributed by atoms with van der Waals surface area (Å²) in [7, 11) is -1.53. The van der Waals surface area contributed by atoms with Crippen LogP contribution in [0.1, 0.15) is 31.9 Å². The zero-order chi connectivity index (χ0) is 13.2. The molecule has 1 aromatic rings. The Bertz CT molecular complexity index is 390. The molecule has 95 valence electrons. The summed E-state index contributed by atoms with van der Waals surface area (Å²) >= 11 is 0. The Balaban J connectivity index is 2.97. The van der Waals surface area contributed by atoms with E-state index in [1.807, 2.05) is 17.1 Å². The highest BCUT2D eigenvalue weighted by molar-refractivity contribution is 6.80. The van der Waals surface area contributed by atoms with Gasteiger partial charge in [-0.25, -0.2) is 0 Å². The summed E-state index contributed by atoms with van der Waals surface area (Å²) < 4.78 is 1.92. The summed E-state index contributed by atoms with van der Waals surface area (Å²) in [5.41, 5.74) is 1.14. The number of rotatable bonds is 5. The SMILES string of the molecule is C[C](C)Cn1cc(C(C(C)=O)[Si](C)(C)C)cn1. The summed E-state index contributed by atoms with van der Waals surface area (Å²) in [6, 6.07) is 0. The molecule has 3 nitrogen and oxygen atoms in total. The molecular weight excluding hydrogens is 228 g/mol. The molecule has 1 rings (SSSR count). The third kappa shape index (κ3) is 3.80. The molecule has 0 aliphatic heterocycles. The van der Waals surface area contributed by atoms with Gasteiger partial charge in [0.2, 0.25) is 0 Å². The van der Waals surface area contributed by atoms with Crippen molar-refractivity contribution < 1.29 is 4.79 Å². The van der Waals surface area contributed by atoms with Crippen LogP contribution in [-0.4, -0.2) is 23.6 Å². The number of nitrogens with zero attached hydrogens (tertiary/aromatic N) is 2. The molecule has 1 heterocycles. The van der Waals surface area contributed by atoms with E-state index in [0.29, 0.717) is 0 Å². The molecule has 1 radical (unpaired) electrons. The minimum atomic E-state index is -1.53. The number of hydrogen-bond acceptors (Lipinski definition) is 2. The first-order chi connectivity index (χ1) is 7.71. The maximum atomic E-state index is 11.8. The lowest BCUT2D eigenvalue weighted by Gasteiger charge is -2.25. The monoisotopic (exact) mass is 251 g/mol. The predicted molar refractivity (Wildman–Crippen MR) is 73.6 cm³/mol. The van der Waals surface area contributed by atoms with Crippen LogP contribution in [0.15, 0.2) is 12.4 Å². The molecule has 0 amide bonds. The van der Waals surface area contributed by atoms with Gasteiger partial charge in [-0.1, -0.05) is 33.5 Å². The molecule has 0 N–H and O–H groups in total. The standard InChI is InChI=1S/C13H23N2OSi/c1-10(2)8-15-9-12(7-14-15)13(11(3)16)17(4,5)6/h7,9,13H,8H2,1-6H3. The van der Waals surface area contributed by atoms with E-state index in [-0.39, 0.29) is 11.3 Å². The first kappa shape index (κ1) is 14.2. The van der Waals surface area contributed by atoms with Crippen LogP contribution in [0.4, 0.5) is 0 Å². The second kappa shape index (κ2) is 5.17. The zero-order valence-electron chi connectivity index (χ0n) is 11.7. The van der Waals surface area contributed by atoms with Crippen molar-refractivity contribution in [2.75, 3.05) is 0 Å². The van der Waals surface area contributed by atoms with Crippen molar-refractivity contribution in [3.8, 4) is 0 Å². The van der Waals surface area contributed by atoms with Crippen LogP contribution >= 0.6 is 0 Å². The van der Waals surface area contributed by atoms with E-state index >= 15 is 0 Å². The van der Waals surface area contributed by atoms with Gasteiger partial charge in [0, 0.05) is 18.3 Å². The van der Waals surface area contributed by atoms with Crippen molar-refractivity contribution in [3.63, 3.8) is 0 Å². The minimum Gasteiger partial charge on any atom is -0.300 e. The molecule has 4 heteroatoms. The second-order valence-corrected chi connectivity index (χ2v) is 11.4. The van der Waals surface area contributed by atoms with Crippen LogP contribution in [0.2, 0.25) is 19.6 Å². The summed E-state index contributed by atoms with van der Waals surface area (Å²) in [6.45, 7) is 13.4. The van der Waals surface area contributed by atoms with Crippen LogP contribution in [0.25, 0.3) is 0 Å². The van der Waals surface area contributed by atoms with Crippen molar-refractivity contribution >= 4 is 13.9 Å². The number of ketones is 1. The average molecular weight is 251 g/mol. The van der Waals surface area contributed by atoms with Crippen molar-refractivity contribution in [1.29, 1.82) is 0 Å². The Hall–Kier alpha value is -0.903. The number of carbonyl (C=O) groups excluding carboxylic acids is 1. The van der Waals surface area contributed by atoms with E-state index in [1.165, 1.54) is 5.92 Å². The number of carbonyl (C=O) groups is 1. The van der Waals surface area contributed by atoms with E-state index < -0.39 is 8.07 Å². The topological polar surface area (TPSA) is 34.9 Å². The molecule has 0 bridgehead atoms. The molecule has 0 saturated heterocycles. The maximum absolute atomic E-state index is 11.8. The van der Waals surface area contributed by atoms with Crippen molar-refractivity contribution in [1.82, 2.24) is 9.78 Å². The van der Waals surface area contributed by atoms with Crippen molar-refractivity contribution in [2.24, 2.45) is 0 Å². The zero-order valence-corrected chi connectivity index (χ0v) is 12.7. The van der Waals surface area contributed by atoms with E-state index in [2.05, 4.69) is 38.6 Å². The van der Waals surface area contributed by atoms with Gasteiger partial charge in [-0.2, -0.15) is 5.10 Å². The Labute approximate surface area is 105 Å². The van der Waals surface area contributed by atoms with Gasteiger partial charge < -0.3 is 0 Å². The van der Waals surface area contributed by atoms with Gasteiger partial charge in [-0.05, 0) is 18.4 Å². The fourth-order valence-corrected chi connectivity index (χ4v) is 4.65. The van der Waals surface area contributed by atoms with Crippen LogP contribution in [0.3, 0.4) is 0 Å². The highest BCUT2D eigenvalue weighted by atomic mass is 28.3. The lowest BCUT2D eigenvalue weighted by atomic mass is 10.2.